The van der Waals surface area contributed by atoms with E-state index in [1.807, 2.05) is 0 Å². The van der Waals surface area contributed by atoms with Gasteiger partial charge in [0.05, 0.1) is 10.4 Å². The smallest absolute Gasteiger partial charge is 0.306 e. The number of hydrogen-bond donors (Lipinski definition) is 2. The topological polar surface area (TPSA) is 57.5 Å². The fraction of sp³-hybridized carbons (Fsp3) is 0.364. The Balaban J connectivity index is 3.17. The number of phenols is 1. The number of benzene rings is 1. The molecule has 0 aromatic heterocycles. The SMILES string of the molecule is Cc1c(F)cc(Br)c(O)c1CC(C)C(=O)O. The Hall–Kier alpha value is -1.10. The minimum absolute atomic E-state index is 0.0907. The lowest BCUT2D eigenvalue weighted by atomic mass is 9.96. The third-order valence-electron chi connectivity index (χ3n) is 2.51. The number of phenolic OH excluding ortho intramolecular Hbond substituents is 1. The number of carboxylic acids is 1. The van der Waals surface area contributed by atoms with Crippen LogP contribution in [-0.4, -0.2) is 16.2 Å². The Bertz CT molecular complexity index is 405. The quantitative estimate of drug-likeness (QED) is 0.900. The van der Waals surface area contributed by atoms with Crippen molar-refractivity contribution < 1.29 is 19.4 Å². The zero-order valence-corrected chi connectivity index (χ0v) is 10.5. The number of carbonyl (C=O) groups is 1. The lowest BCUT2D eigenvalue weighted by molar-refractivity contribution is -0.141. The van der Waals surface area contributed by atoms with Gasteiger partial charge < -0.3 is 10.2 Å². The van der Waals surface area contributed by atoms with Crippen LogP contribution in [0.25, 0.3) is 0 Å². The minimum Gasteiger partial charge on any atom is -0.506 e. The summed E-state index contributed by atoms with van der Waals surface area (Å²) in [5, 5.41) is 18.5. The molecule has 16 heavy (non-hydrogen) atoms. The number of rotatable bonds is 3. The molecule has 0 radical (unpaired) electrons. The summed E-state index contributed by atoms with van der Waals surface area (Å²) in [6.45, 7) is 3.03. The van der Waals surface area contributed by atoms with Gasteiger partial charge in [-0.2, -0.15) is 0 Å². The van der Waals surface area contributed by atoms with E-state index in [9.17, 15) is 14.3 Å². The number of aliphatic carboxylic acids is 1. The molecule has 1 rings (SSSR count). The Kier molecular flexibility index (Phi) is 3.91. The molecule has 5 heteroatoms. The molecular formula is C11H12BrFO3. The molecule has 1 atom stereocenters. The summed E-state index contributed by atoms with van der Waals surface area (Å²) >= 11 is 3.02. The standard InChI is InChI=1S/C11H12BrFO3/c1-5(11(15)16)3-7-6(2)9(13)4-8(12)10(7)14/h4-5,14H,3H2,1-2H3,(H,15,16). The summed E-state index contributed by atoms with van der Waals surface area (Å²) in [7, 11) is 0. The predicted molar refractivity (Wildman–Crippen MR) is 61.0 cm³/mol. The molecule has 0 fully saturated rings. The molecule has 0 aliphatic carbocycles. The normalized spacial score (nSPS) is 12.5. The van der Waals surface area contributed by atoms with Crippen molar-refractivity contribution in [3.8, 4) is 5.75 Å². The molecule has 2 N–H and O–H groups in total. The average molecular weight is 291 g/mol. The Labute approximate surface area is 101 Å². The van der Waals surface area contributed by atoms with Crippen LogP contribution in [0.5, 0.6) is 5.75 Å². The monoisotopic (exact) mass is 290 g/mol. The summed E-state index contributed by atoms with van der Waals surface area (Å²) in [4.78, 5) is 10.7. The van der Waals surface area contributed by atoms with E-state index in [1.165, 1.54) is 19.9 Å². The summed E-state index contributed by atoms with van der Waals surface area (Å²) in [5.74, 6) is -2.19. The highest BCUT2D eigenvalue weighted by Gasteiger charge is 2.19. The average Bonchev–Trinajstić information content (AvgIpc) is 2.21. The highest BCUT2D eigenvalue weighted by Crippen LogP contribution is 2.33. The van der Waals surface area contributed by atoms with Gasteiger partial charge in [0.25, 0.3) is 0 Å². The van der Waals surface area contributed by atoms with Crippen LogP contribution in [0, 0.1) is 18.7 Å². The maximum Gasteiger partial charge on any atom is 0.306 e. The van der Waals surface area contributed by atoms with Gasteiger partial charge >= 0.3 is 5.97 Å². The molecule has 1 aromatic rings. The largest absolute Gasteiger partial charge is 0.506 e. The van der Waals surface area contributed by atoms with Crippen molar-refractivity contribution in [1.29, 1.82) is 0 Å². The number of halogens is 2. The van der Waals surface area contributed by atoms with Gasteiger partial charge in [0.2, 0.25) is 0 Å². The van der Waals surface area contributed by atoms with Gasteiger partial charge in [-0.15, -0.1) is 0 Å². The van der Waals surface area contributed by atoms with Gasteiger partial charge in [0.1, 0.15) is 11.6 Å². The third kappa shape index (κ3) is 2.52. The first kappa shape index (κ1) is 13.0. The van der Waals surface area contributed by atoms with E-state index in [0.717, 1.165) is 0 Å². The molecule has 1 aromatic carbocycles. The molecule has 0 bridgehead atoms. The van der Waals surface area contributed by atoms with Crippen LogP contribution in [0.3, 0.4) is 0 Å². The third-order valence-corrected chi connectivity index (χ3v) is 3.11. The molecule has 88 valence electrons. The molecule has 0 saturated heterocycles. The van der Waals surface area contributed by atoms with Gasteiger partial charge in [-0.3, -0.25) is 4.79 Å². The van der Waals surface area contributed by atoms with Gasteiger partial charge in [0, 0.05) is 5.56 Å². The second-order valence-electron chi connectivity index (χ2n) is 3.74. The van der Waals surface area contributed by atoms with Crippen molar-refractivity contribution in [2.45, 2.75) is 20.3 Å². The fourth-order valence-corrected chi connectivity index (χ4v) is 1.84. The maximum atomic E-state index is 13.4. The lowest BCUT2D eigenvalue weighted by Gasteiger charge is -2.13. The Morgan fingerprint density at radius 1 is 1.62 bits per heavy atom. The van der Waals surface area contributed by atoms with Crippen molar-refractivity contribution in [2.24, 2.45) is 5.92 Å². The summed E-state index contributed by atoms with van der Waals surface area (Å²) < 4.78 is 13.6. The molecule has 1 unspecified atom stereocenters. The molecule has 0 aliphatic rings. The van der Waals surface area contributed by atoms with Crippen LogP contribution in [0.4, 0.5) is 4.39 Å². The number of hydrogen-bond acceptors (Lipinski definition) is 2. The summed E-state index contributed by atoms with van der Waals surface area (Å²) in [6.07, 6.45) is 0.101. The van der Waals surface area contributed by atoms with Crippen molar-refractivity contribution in [3.63, 3.8) is 0 Å². The van der Waals surface area contributed by atoms with Gasteiger partial charge in [-0.05, 0) is 40.9 Å². The molecule has 0 aliphatic heterocycles. The molecule has 3 nitrogen and oxygen atoms in total. The summed E-state index contributed by atoms with van der Waals surface area (Å²) in [6, 6.07) is 1.17. The first-order valence-corrected chi connectivity index (χ1v) is 5.53. The highest BCUT2D eigenvalue weighted by atomic mass is 79.9. The van der Waals surface area contributed by atoms with Crippen molar-refractivity contribution in [2.75, 3.05) is 0 Å². The van der Waals surface area contributed by atoms with Gasteiger partial charge in [-0.25, -0.2) is 4.39 Å². The van der Waals surface area contributed by atoms with Gasteiger partial charge in [-0.1, -0.05) is 6.92 Å². The van der Waals surface area contributed by atoms with Crippen LogP contribution >= 0.6 is 15.9 Å². The molecule has 0 spiro atoms. The van der Waals surface area contributed by atoms with Crippen molar-refractivity contribution >= 4 is 21.9 Å². The maximum absolute atomic E-state index is 13.4. The Morgan fingerprint density at radius 3 is 2.69 bits per heavy atom. The van der Waals surface area contributed by atoms with E-state index in [2.05, 4.69) is 15.9 Å². The molecule has 0 amide bonds. The van der Waals surface area contributed by atoms with Crippen LogP contribution in [-0.2, 0) is 11.2 Å². The number of aromatic hydroxyl groups is 1. The van der Waals surface area contributed by atoms with Crippen LogP contribution in [0.1, 0.15) is 18.1 Å². The minimum atomic E-state index is -0.973. The fourth-order valence-electron chi connectivity index (χ4n) is 1.40. The number of carboxylic acid groups (broad SMARTS) is 1. The Morgan fingerprint density at radius 2 is 2.19 bits per heavy atom. The van der Waals surface area contributed by atoms with E-state index in [1.54, 1.807) is 0 Å². The zero-order chi connectivity index (χ0) is 12.5. The van der Waals surface area contributed by atoms with E-state index in [-0.39, 0.29) is 22.2 Å². The van der Waals surface area contributed by atoms with E-state index in [0.29, 0.717) is 5.56 Å². The van der Waals surface area contributed by atoms with E-state index >= 15 is 0 Å². The predicted octanol–water partition coefficient (Wildman–Crippen LogP) is 2.87. The molecule has 0 heterocycles. The second-order valence-corrected chi connectivity index (χ2v) is 4.59. The second kappa shape index (κ2) is 4.82. The van der Waals surface area contributed by atoms with Crippen molar-refractivity contribution in [1.82, 2.24) is 0 Å². The first-order chi connectivity index (χ1) is 7.34. The van der Waals surface area contributed by atoms with Crippen molar-refractivity contribution in [3.05, 3.63) is 27.5 Å². The first-order valence-electron chi connectivity index (χ1n) is 4.73. The van der Waals surface area contributed by atoms with Crippen LogP contribution in [0.2, 0.25) is 0 Å². The molecule has 0 saturated carbocycles. The van der Waals surface area contributed by atoms with Gasteiger partial charge in [0.15, 0.2) is 0 Å². The van der Waals surface area contributed by atoms with Crippen LogP contribution < -0.4 is 0 Å². The lowest BCUT2D eigenvalue weighted by Crippen LogP contribution is -2.13. The molecular weight excluding hydrogens is 279 g/mol. The summed E-state index contributed by atoms with van der Waals surface area (Å²) in [5.41, 5.74) is 0.621. The van der Waals surface area contributed by atoms with E-state index < -0.39 is 17.7 Å². The van der Waals surface area contributed by atoms with Crippen LogP contribution in [0.15, 0.2) is 10.5 Å². The highest BCUT2D eigenvalue weighted by molar-refractivity contribution is 9.10. The van der Waals surface area contributed by atoms with E-state index in [4.69, 9.17) is 5.11 Å². The zero-order valence-electron chi connectivity index (χ0n) is 8.92.